The first-order chi connectivity index (χ1) is 10.3. The minimum absolute atomic E-state index is 0.0521. The van der Waals surface area contributed by atoms with E-state index in [1.54, 1.807) is 0 Å². The molecule has 1 atom stereocenters. The molecule has 110 valence electrons. The highest BCUT2D eigenvalue weighted by atomic mass is 15.1. The van der Waals surface area contributed by atoms with Crippen molar-refractivity contribution in [2.45, 2.75) is 32.2 Å². The molecule has 1 heterocycles. The lowest BCUT2D eigenvalue weighted by molar-refractivity contribution is 0.575. The van der Waals surface area contributed by atoms with Gasteiger partial charge in [-0.25, -0.2) is 0 Å². The van der Waals surface area contributed by atoms with Crippen molar-refractivity contribution >= 4 is 5.69 Å². The van der Waals surface area contributed by atoms with E-state index in [0.29, 0.717) is 0 Å². The summed E-state index contributed by atoms with van der Waals surface area (Å²) in [5, 5.41) is 0. The van der Waals surface area contributed by atoms with Crippen LogP contribution in [0.4, 0.5) is 5.69 Å². The van der Waals surface area contributed by atoms with Gasteiger partial charge in [0, 0.05) is 18.8 Å². The molecule has 1 unspecified atom stereocenters. The molecule has 1 fully saturated rings. The minimum atomic E-state index is -0.0521. The van der Waals surface area contributed by atoms with E-state index in [1.807, 2.05) is 0 Å². The Labute approximate surface area is 127 Å². The molecule has 2 N–H and O–H groups in total. The van der Waals surface area contributed by atoms with Crippen molar-refractivity contribution in [1.82, 2.24) is 0 Å². The molecule has 1 aliphatic rings. The van der Waals surface area contributed by atoms with E-state index in [2.05, 4.69) is 60.4 Å². The molecule has 0 saturated carbocycles. The Balaban J connectivity index is 1.92. The molecule has 2 aromatic carbocycles. The molecule has 1 aliphatic heterocycles. The Morgan fingerprint density at radius 1 is 0.905 bits per heavy atom. The van der Waals surface area contributed by atoms with Crippen LogP contribution in [-0.4, -0.2) is 13.1 Å². The lowest BCUT2D eigenvalue weighted by Crippen LogP contribution is -2.31. The van der Waals surface area contributed by atoms with Crippen LogP contribution in [-0.2, 0) is 0 Å². The summed E-state index contributed by atoms with van der Waals surface area (Å²) in [7, 11) is 0. The third kappa shape index (κ3) is 3.11. The highest BCUT2D eigenvalue weighted by molar-refractivity contribution is 5.57. The van der Waals surface area contributed by atoms with Crippen LogP contribution in [0.2, 0.25) is 0 Å². The SMILES string of the molecule is Cc1ccc(C(N)c2ccccc2N2CCCCC2)cc1. The fourth-order valence-corrected chi connectivity index (χ4v) is 3.13. The van der Waals surface area contributed by atoms with Crippen molar-refractivity contribution in [3.63, 3.8) is 0 Å². The number of nitrogens with zero attached hydrogens (tertiary/aromatic N) is 1. The lowest BCUT2D eigenvalue weighted by atomic mass is 9.96. The molecule has 0 aliphatic carbocycles. The standard InChI is InChI=1S/C19H24N2/c1-15-9-11-16(12-10-15)19(20)17-7-3-4-8-18(17)21-13-5-2-6-14-21/h3-4,7-12,19H,2,5-6,13-14,20H2,1H3. The fourth-order valence-electron chi connectivity index (χ4n) is 3.13. The van der Waals surface area contributed by atoms with Crippen LogP contribution in [0.1, 0.15) is 42.0 Å². The van der Waals surface area contributed by atoms with E-state index in [-0.39, 0.29) is 6.04 Å². The van der Waals surface area contributed by atoms with Crippen LogP contribution in [0, 0.1) is 6.92 Å². The number of para-hydroxylation sites is 1. The average Bonchev–Trinajstić information content (AvgIpc) is 2.56. The predicted octanol–water partition coefficient (Wildman–Crippen LogP) is 4.03. The number of hydrogen-bond acceptors (Lipinski definition) is 2. The first kappa shape index (κ1) is 14.2. The zero-order chi connectivity index (χ0) is 14.7. The molecule has 0 spiro atoms. The first-order valence-corrected chi connectivity index (χ1v) is 7.92. The Morgan fingerprint density at radius 2 is 1.57 bits per heavy atom. The van der Waals surface area contributed by atoms with Crippen molar-refractivity contribution in [2.24, 2.45) is 5.73 Å². The summed E-state index contributed by atoms with van der Waals surface area (Å²) in [6, 6.07) is 17.1. The lowest BCUT2D eigenvalue weighted by Gasteiger charge is -2.32. The summed E-state index contributed by atoms with van der Waals surface area (Å²) in [5.41, 5.74) is 11.6. The number of benzene rings is 2. The minimum Gasteiger partial charge on any atom is -0.371 e. The maximum absolute atomic E-state index is 6.55. The molecule has 2 heteroatoms. The number of nitrogens with two attached hydrogens (primary N) is 1. The van der Waals surface area contributed by atoms with Crippen LogP contribution >= 0.6 is 0 Å². The van der Waals surface area contributed by atoms with E-state index in [9.17, 15) is 0 Å². The Morgan fingerprint density at radius 3 is 2.29 bits per heavy atom. The third-order valence-electron chi connectivity index (χ3n) is 4.41. The summed E-state index contributed by atoms with van der Waals surface area (Å²) in [6.45, 7) is 4.41. The smallest absolute Gasteiger partial charge is 0.0572 e. The van der Waals surface area contributed by atoms with E-state index < -0.39 is 0 Å². The molecule has 3 rings (SSSR count). The van der Waals surface area contributed by atoms with Crippen molar-refractivity contribution in [2.75, 3.05) is 18.0 Å². The normalized spacial score (nSPS) is 16.8. The molecule has 0 radical (unpaired) electrons. The van der Waals surface area contributed by atoms with Crippen molar-refractivity contribution in [1.29, 1.82) is 0 Å². The molecular formula is C19H24N2. The van der Waals surface area contributed by atoms with Gasteiger partial charge >= 0.3 is 0 Å². The molecular weight excluding hydrogens is 256 g/mol. The van der Waals surface area contributed by atoms with Crippen molar-refractivity contribution in [3.8, 4) is 0 Å². The first-order valence-electron chi connectivity index (χ1n) is 7.92. The Hall–Kier alpha value is -1.80. The van der Waals surface area contributed by atoms with Crippen LogP contribution < -0.4 is 10.6 Å². The second-order valence-electron chi connectivity index (χ2n) is 5.99. The Bertz CT molecular complexity index is 583. The summed E-state index contributed by atoms with van der Waals surface area (Å²) in [6.07, 6.45) is 3.92. The maximum Gasteiger partial charge on any atom is 0.0572 e. The van der Waals surface area contributed by atoms with Crippen molar-refractivity contribution < 1.29 is 0 Å². The molecule has 21 heavy (non-hydrogen) atoms. The van der Waals surface area contributed by atoms with E-state index in [0.717, 1.165) is 13.1 Å². The molecule has 0 bridgehead atoms. The number of aryl methyl sites for hydroxylation is 1. The topological polar surface area (TPSA) is 29.3 Å². The van der Waals surface area contributed by atoms with Gasteiger partial charge in [0.05, 0.1) is 6.04 Å². The van der Waals surface area contributed by atoms with Crippen LogP contribution in [0.15, 0.2) is 48.5 Å². The number of rotatable bonds is 3. The van der Waals surface area contributed by atoms with Crippen LogP contribution in [0.25, 0.3) is 0 Å². The van der Waals surface area contributed by atoms with E-state index >= 15 is 0 Å². The van der Waals surface area contributed by atoms with Gasteiger partial charge in [-0.15, -0.1) is 0 Å². The number of hydrogen-bond donors (Lipinski definition) is 1. The number of piperidine rings is 1. The summed E-state index contributed by atoms with van der Waals surface area (Å²) >= 11 is 0. The Kier molecular flexibility index (Phi) is 4.26. The zero-order valence-electron chi connectivity index (χ0n) is 12.8. The second kappa shape index (κ2) is 6.31. The van der Waals surface area contributed by atoms with Gasteiger partial charge in [-0.3, -0.25) is 0 Å². The van der Waals surface area contributed by atoms with Gasteiger partial charge in [0.1, 0.15) is 0 Å². The van der Waals surface area contributed by atoms with Gasteiger partial charge in [-0.05, 0) is 43.4 Å². The highest BCUT2D eigenvalue weighted by Gasteiger charge is 2.18. The summed E-state index contributed by atoms with van der Waals surface area (Å²) in [5.74, 6) is 0. The molecule has 2 nitrogen and oxygen atoms in total. The third-order valence-corrected chi connectivity index (χ3v) is 4.41. The number of anilines is 1. The molecule has 0 aromatic heterocycles. The van der Waals surface area contributed by atoms with Gasteiger partial charge in [-0.1, -0.05) is 48.0 Å². The largest absolute Gasteiger partial charge is 0.371 e. The molecule has 1 saturated heterocycles. The second-order valence-corrected chi connectivity index (χ2v) is 5.99. The predicted molar refractivity (Wildman–Crippen MR) is 89.7 cm³/mol. The highest BCUT2D eigenvalue weighted by Crippen LogP contribution is 2.31. The summed E-state index contributed by atoms with van der Waals surface area (Å²) < 4.78 is 0. The molecule has 2 aromatic rings. The van der Waals surface area contributed by atoms with Gasteiger partial charge in [-0.2, -0.15) is 0 Å². The van der Waals surface area contributed by atoms with Crippen molar-refractivity contribution in [3.05, 3.63) is 65.2 Å². The van der Waals surface area contributed by atoms with E-state index in [4.69, 9.17) is 5.73 Å². The van der Waals surface area contributed by atoms with Gasteiger partial charge in [0.15, 0.2) is 0 Å². The fraction of sp³-hybridized carbons (Fsp3) is 0.368. The monoisotopic (exact) mass is 280 g/mol. The van der Waals surface area contributed by atoms with Crippen LogP contribution in [0.5, 0.6) is 0 Å². The van der Waals surface area contributed by atoms with Gasteiger partial charge in [0.25, 0.3) is 0 Å². The average molecular weight is 280 g/mol. The van der Waals surface area contributed by atoms with Crippen LogP contribution in [0.3, 0.4) is 0 Å². The van der Waals surface area contributed by atoms with Gasteiger partial charge < -0.3 is 10.6 Å². The quantitative estimate of drug-likeness (QED) is 0.919. The van der Waals surface area contributed by atoms with E-state index in [1.165, 1.54) is 41.6 Å². The summed E-state index contributed by atoms with van der Waals surface area (Å²) in [4.78, 5) is 2.49. The van der Waals surface area contributed by atoms with Gasteiger partial charge in [0.2, 0.25) is 0 Å². The molecule has 0 amide bonds. The zero-order valence-corrected chi connectivity index (χ0v) is 12.8. The maximum atomic E-state index is 6.55.